The third-order valence-electron chi connectivity index (χ3n) is 4.27. The number of nitrogens with zero attached hydrogens (tertiary/aromatic N) is 1. The molecule has 2 aromatic rings. The van der Waals surface area contributed by atoms with Crippen LogP contribution >= 0.6 is 15.9 Å². The van der Waals surface area contributed by atoms with E-state index >= 15 is 0 Å². The van der Waals surface area contributed by atoms with Crippen LogP contribution < -0.4 is 10.6 Å². The smallest absolute Gasteiger partial charge is 0.0377 e. The lowest BCUT2D eigenvalue weighted by molar-refractivity contribution is 0.775. The van der Waals surface area contributed by atoms with Gasteiger partial charge in [-0.05, 0) is 42.6 Å². The van der Waals surface area contributed by atoms with Crippen LogP contribution in [0, 0.1) is 0 Å². The van der Waals surface area contributed by atoms with E-state index in [0.29, 0.717) is 12.5 Å². The van der Waals surface area contributed by atoms with Crippen molar-refractivity contribution in [2.24, 2.45) is 5.73 Å². The van der Waals surface area contributed by atoms with E-state index in [1.54, 1.807) is 0 Å². The number of benzene rings is 2. The molecule has 21 heavy (non-hydrogen) atoms. The zero-order valence-corrected chi connectivity index (χ0v) is 13.7. The highest BCUT2D eigenvalue weighted by Gasteiger charge is 2.24. The fourth-order valence-corrected chi connectivity index (χ4v) is 3.65. The summed E-state index contributed by atoms with van der Waals surface area (Å²) in [6, 6.07) is 17.5. The number of anilines is 1. The monoisotopic (exact) mass is 344 g/mol. The summed E-state index contributed by atoms with van der Waals surface area (Å²) >= 11 is 3.67. The topological polar surface area (TPSA) is 29.3 Å². The highest BCUT2D eigenvalue weighted by atomic mass is 79.9. The number of hydrogen-bond donors (Lipinski definition) is 1. The van der Waals surface area contributed by atoms with Crippen molar-refractivity contribution < 1.29 is 0 Å². The van der Waals surface area contributed by atoms with Crippen LogP contribution in [0.2, 0.25) is 0 Å². The van der Waals surface area contributed by atoms with Gasteiger partial charge in [0.15, 0.2) is 0 Å². The molecule has 0 aromatic heterocycles. The van der Waals surface area contributed by atoms with Crippen molar-refractivity contribution in [2.75, 3.05) is 24.5 Å². The van der Waals surface area contributed by atoms with Gasteiger partial charge in [-0.3, -0.25) is 0 Å². The van der Waals surface area contributed by atoms with E-state index in [1.165, 1.54) is 27.7 Å². The molecular formula is C18H21BrN2. The first-order chi connectivity index (χ1) is 10.3. The average Bonchev–Trinajstić information content (AvgIpc) is 3.00. The van der Waals surface area contributed by atoms with Gasteiger partial charge in [-0.1, -0.05) is 52.3 Å². The minimum atomic E-state index is 0.647. The zero-order valence-electron chi connectivity index (χ0n) is 12.1. The third kappa shape index (κ3) is 3.30. The third-order valence-corrected chi connectivity index (χ3v) is 5.01. The van der Waals surface area contributed by atoms with Gasteiger partial charge in [-0.25, -0.2) is 0 Å². The largest absolute Gasteiger partial charge is 0.371 e. The van der Waals surface area contributed by atoms with Crippen LogP contribution in [-0.4, -0.2) is 19.6 Å². The van der Waals surface area contributed by atoms with Gasteiger partial charge in [-0.2, -0.15) is 0 Å². The molecule has 1 aliphatic rings. The standard InChI is InChI=1S/C18H21BrN2/c19-18-12-17(7-6-15(18)8-10-20)21-11-9-16(13-21)14-4-2-1-3-5-14/h1-7,12,16H,8-11,13,20H2. The zero-order chi connectivity index (χ0) is 14.7. The Morgan fingerprint density at radius 2 is 1.95 bits per heavy atom. The number of halogens is 1. The van der Waals surface area contributed by atoms with Gasteiger partial charge in [0.1, 0.15) is 0 Å². The minimum Gasteiger partial charge on any atom is -0.371 e. The molecule has 1 unspecified atom stereocenters. The highest BCUT2D eigenvalue weighted by Crippen LogP contribution is 2.32. The summed E-state index contributed by atoms with van der Waals surface area (Å²) in [6.07, 6.45) is 2.15. The second kappa shape index (κ2) is 6.63. The molecule has 0 spiro atoms. The van der Waals surface area contributed by atoms with Crippen molar-refractivity contribution in [3.8, 4) is 0 Å². The maximum absolute atomic E-state index is 5.64. The molecule has 0 amide bonds. The second-order valence-electron chi connectivity index (χ2n) is 5.66. The molecule has 1 atom stereocenters. The van der Waals surface area contributed by atoms with Gasteiger partial charge in [0.25, 0.3) is 0 Å². The lowest BCUT2D eigenvalue weighted by atomic mass is 9.99. The summed E-state index contributed by atoms with van der Waals surface area (Å²) in [5, 5.41) is 0. The van der Waals surface area contributed by atoms with Gasteiger partial charge >= 0.3 is 0 Å². The molecule has 0 aliphatic carbocycles. The Hall–Kier alpha value is -1.32. The molecule has 0 bridgehead atoms. The van der Waals surface area contributed by atoms with Crippen molar-refractivity contribution in [3.63, 3.8) is 0 Å². The molecule has 2 aromatic carbocycles. The van der Waals surface area contributed by atoms with Crippen LogP contribution in [0.3, 0.4) is 0 Å². The van der Waals surface area contributed by atoms with Crippen LogP contribution in [0.5, 0.6) is 0 Å². The molecule has 2 nitrogen and oxygen atoms in total. The van der Waals surface area contributed by atoms with E-state index in [4.69, 9.17) is 5.73 Å². The van der Waals surface area contributed by atoms with Gasteiger partial charge < -0.3 is 10.6 Å². The van der Waals surface area contributed by atoms with Crippen molar-refractivity contribution in [2.45, 2.75) is 18.8 Å². The highest BCUT2D eigenvalue weighted by molar-refractivity contribution is 9.10. The van der Waals surface area contributed by atoms with Crippen molar-refractivity contribution in [1.82, 2.24) is 0 Å². The van der Waals surface area contributed by atoms with E-state index in [2.05, 4.69) is 69.4 Å². The summed E-state index contributed by atoms with van der Waals surface area (Å²) in [5.41, 5.74) is 9.70. The van der Waals surface area contributed by atoms with E-state index < -0.39 is 0 Å². The lowest BCUT2D eigenvalue weighted by Gasteiger charge is -2.20. The number of hydrogen-bond acceptors (Lipinski definition) is 2. The van der Waals surface area contributed by atoms with Gasteiger partial charge in [-0.15, -0.1) is 0 Å². The van der Waals surface area contributed by atoms with E-state index in [-0.39, 0.29) is 0 Å². The molecule has 0 saturated carbocycles. The summed E-state index contributed by atoms with van der Waals surface area (Å²) in [6.45, 7) is 2.92. The normalized spacial score (nSPS) is 18.2. The molecule has 3 rings (SSSR count). The van der Waals surface area contributed by atoms with Crippen LogP contribution in [0.15, 0.2) is 53.0 Å². The Labute approximate surface area is 135 Å². The first-order valence-electron chi connectivity index (χ1n) is 7.56. The van der Waals surface area contributed by atoms with Gasteiger partial charge in [0, 0.05) is 29.2 Å². The van der Waals surface area contributed by atoms with Gasteiger partial charge in [0.05, 0.1) is 0 Å². The quantitative estimate of drug-likeness (QED) is 0.909. The van der Waals surface area contributed by atoms with Crippen molar-refractivity contribution in [1.29, 1.82) is 0 Å². The van der Waals surface area contributed by atoms with Crippen molar-refractivity contribution in [3.05, 3.63) is 64.1 Å². The first-order valence-corrected chi connectivity index (χ1v) is 8.35. The fraction of sp³-hybridized carbons (Fsp3) is 0.333. The molecule has 110 valence electrons. The Balaban J connectivity index is 1.73. The Kier molecular flexibility index (Phi) is 4.61. The second-order valence-corrected chi connectivity index (χ2v) is 6.51. The van der Waals surface area contributed by atoms with E-state index in [1.807, 2.05) is 0 Å². The first kappa shape index (κ1) is 14.6. The molecule has 1 heterocycles. The molecule has 3 heteroatoms. The van der Waals surface area contributed by atoms with E-state index in [0.717, 1.165) is 19.5 Å². The predicted molar refractivity (Wildman–Crippen MR) is 92.9 cm³/mol. The lowest BCUT2D eigenvalue weighted by Crippen LogP contribution is -2.19. The van der Waals surface area contributed by atoms with Crippen LogP contribution in [0.25, 0.3) is 0 Å². The molecule has 1 saturated heterocycles. The summed E-state index contributed by atoms with van der Waals surface area (Å²) in [4.78, 5) is 2.48. The Morgan fingerprint density at radius 3 is 2.67 bits per heavy atom. The molecular weight excluding hydrogens is 324 g/mol. The SMILES string of the molecule is NCCc1ccc(N2CCC(c3ccccc3)C2)cc1Br. The fourth-order valence-electron chi connectivity index (χ4n) is 3.08. The van der Waals surface area contributed by atoms with Crippen LogP contribution in [0.4, 0.5) is 5.69 Å². The van der Waals surface area contributed by atoms with E-state index in [9.17, 15) is 0 Å². The number of nitrogens with two attached hydrogens (primary N) is 1. The maximum atomic E-state index is 5.64. The summed E-state index contributed by atoms with van der Waals surface area (Å²) < 4.78 is 1.17. The summed E-state index contributed by atoms with van der Waals surface area (Å²) in [5.74, 6) is 0.647. The average molecular weight is 345 g/mol. The van der Waals surface area contributed by atoms with Gasteiger partial charge in [0.2, 0.25) is 0 Å². The molecule has 0 radical (unpaired) electrons. The predicted octanol–water partition coefficient (Wildman–Crippen LogP) is 3.94. The van der Waals surface area contributed by atoms with Crippen molar-refractivity contribution >= 4 is 21.6 Å². The minimum absolute atomic E-state index is 0.647. The Bertz CT molecular complexity index is 597. The molecule has 1 fully saturated rings. The summed E-state index contributed by atoms with van der Waals surface area (Å²) in [7, 11) is 0. The number of rotatable bonds is 4. The maximum Gasteiger partial charge on any atom is 0.0377 e. The van der Waals surface area contributed by atoms with Crippen LogP contribution in [0.1, 0.15) is 23.5 Å². The van der Waals surface area contributed by atoms with Crippen LogP contribution in [-0.2, 0) is 6.42 Å². The molecule has 2 N–H and O–H groups in total. The molecule has 1 aliphatic heterocycles. The Morgan fingerprint density at radius 1 is 1.14 bits per heavy atom.